The lowest BCUT2D eigenvalue weighted by Crippen LogP contribution is -2.36. The normalized spacial score (nSPS) is 17.4. The molecule has 5 nitrogen and oxygen atoms in total. The van der Waals surface area contributed by atoms with E-state index in [0.717, 1.165) is 27.9 Å². The molecule has 0 spiro atoms. The van der Waals surface area contributed by atoms with E-state index in [1.165, 1.54) is 0 Å². The molecular weight excluding hydrogens is 493 g/mol. The van der Waals surface area contributed by atoms with Crippen LogP contribution in [0.25, 0.3) is 0 Å². The Kier molecular flexibility index (Phi) is 5.88. The predicted octanol–water partition coefficient (Wildman–Crippen LogP) is 5.59. The maximum atomic E-state index is 13.5. The maximum absolute atomic E-state index is 13.5. The summed E-state index contributed by atoms with van der Waals surface area (Å²) in [6, 6.07) is 15.9. The van der Waals surface area contributed by atoms with Gasteiger partial charge in [-0.15, -0.1) is 0 Å². The molecule has 0 radical (unpaired) electrons. The van der Waals surface area contributed by atoms with Crippen molar-refractivity contribution in [3.63, 3.8) is 0 Å². The molecule has 8 heteroatoms. The Labute approximate surface area is 212 Å². The number of hydrogen-bond donors (Lipinski definition) is 0. The Balaban J connectivity index is 1.68. The van der Waals surface area contributed by atoms with Crippen molar-refractivity contribution < 1.29 is 9.59 Å². The van der Waals surface area contributed by atoms with Crippen molar-refractivity contribution in [3.8, 4) is 0 Å². The van der Waals surface area contributed by atoms with Crippen molar-refractivity contribution in [2.75, 3.05) is 23.9 Å². The monoisotopic (exact) mass is 511 g/mol. The summed E-state index contributed by atoms with van der Waals surface area (Å²) < 4.78 is 0. The van der Waals surface area contributed by atoms with E-state index in [0.29, 0.717) is 32.9 Å². The number of carbonyl (C=O) groups is 2. The first-order valence-electron chi connectivity index (χ1n) is 10.7. The molecule has 2 heterocycles. The first-order valence-corrected chi connectivity index (χ1v) is 11.9. The van der Waals surface area contributed by atoms with Crippen LogP contribution in [0.5, 0.6) is 0 Å². The molecule has 3 aromatic carbocycles. The van der Waals surface area contributed by atoms with E-state index in [1.807, 2.05) is 36.4 Å². The number of fused-ring (bicyclic) bond motifs is 2. The van der Waals surface area contributed by atoms with Gasteiger partial charge in [0.05, 0.1) is 27.9 Å². The minimum Gasteiger partial charge on any atom is -0.315 e. The summed E-state index contributed by atoms with van der Waals surface area (Å²) in [5, 5.41) is 1.38. The third-order valence-corrected chi connectivity index (χ3v) is 7.45. The number of nitrogens with zero attached hydrogens (tertiary/aromatic N) is 3. The van der Waals surface area contributed by atoms with E-state index in [1.54, 1.807) is 42.1 Å². The lowest BCUT2D eigenvalue weighted by molar-refractivity contribution is -0.119. The number of halogens is 3. The van der Waals surface area contributed by atoms with Gasteiger partial charge in [0.2, 0.25) is 5.91 Å². The average Bonchev–Trinajstić information content (AvgIpc) is 3.06. The number of amides is 2. The minimum absolute atomic E-state index is 0.0433. The van der Waals surface area contributed by atoms with E-state index < -0.39 is 6.04 Å². The molecule has 5 rings (SSSR count). The highest BCUT2D eigenvalue weighted by Crippen LogP contribution is 2.35. The van der Waals surface area contributed by atoms with Crippen molar-refractivity contribution >= 4 is 63.7 Å². The summed E-state index contributed by atoms with van der Waals surface area (Å²) in [4.78, 5) is 33.9. The van der Waals surface area contributed by atoms with Crippen LogP contribution in [0.3, 0.4) is 0 Å². The van der Waals surface area contributed by atoms with E-state index in [-0.39, 0.29) is 18.2 Å². The van der Waals surface area contributed by atoms with Crippen LogP contribution in [-0.4, -0.2) is 37.7 Å². The summed E-state index contributed by atoms with van der Waals surface area (Å²) in [6.45, 7) is 0. The zero-order valence-electron chi connectivity index (χ0n) is 18.5. The summed E-state index contributed by atoms with van der Waals surface area (Å²) in [6.07, 6.45) is 0.662. The quantitative estimate of drug-likeness (QED) is 0.459. The predicted molar refractivity (Wildman–Crippen MR) is 138 cm³/mol. The Morgan fingerprint density at radius 3 is 2.53 bits per heavy atom. The molecule has 0 fully saturated rings. The van der Waals surface area contributed by atoms with E-state index in [4.69, 9.17) is 39.8 Å². The zero-order chi connectivity index (χ0) is 24.1. The van der Waals surface area contributed by atoms with Gasteiger partial charge in [-0.05, 0) is 41.5 Å². The van der Waals surface area contributed by atoms with Crippen molar-refractivity contribution in [2.45, 2.75) is 18.9 Å². The zero-order valence-corrected chi connectivity index (χ0v) is 20.7. The van der Waals surface area contributed by atoms with Gasteiger partial charge in [-0.2, -0.15) is 0 Å². The topological polar surface area (TPSA) is 53.0 Å². The molecule has 0 bridgehead atoms. The first-order chi connectivity index (χ1) is 16.2. The van der Waals surface area contributed by atoms with Gasteiger partial charge in [0.15, 0.2) is 0 Å². The van der Waals surface area contributed by atoms with Gasteiger partial charge >= 0.3 is 0 Å². The molecule has 2 aliphatic heterocycles. The fourth-order valence-corrected chi connectivity index (χ4v) is 5.05. The maximum Gasteiger partial charge on any atom is 0.251 e. The SMILES string of the molecule is CN1C(=O)Cc2ccc(C3=NC(Cc4cccc(Cl)c4Cl)C(=O)N(C)c4ccc(Cl)cc43)cc21. The molecule has 3 aromatic rings. The van der Waals surface area contributed by atoms with Crippen LogP contribution in [-0.2, 0) is 22.4 Å². The van der Waals surface area contributed by atoms with Gasteiger partial charge < -0.3 is 9.80 Å². The van der Waals surface area contributed by atoms with Crippen LogP contribution < -0.4 is 9.80 Å². The van der Waals surface area contributed by atoms with Crippen LogP contribution in [0.2, 0.25) is 15.1 Å². The second-order valence-electron chi connectivity index (χ2n) is 8.44. The highest BCUT2D eigenvalue weighted by molar-refractivity contribution is 6.42. The highest BCUT2D eigenvalue weighted by Gasteiger charge is 2.32. The van der Waals surface area contributed by atoms with Crippen LogP contribution in [0.1, 0.15) is 22.3 Å². The van der Waals surface area contributed by atoms with Crippen LogP contribution in [0.4, 0.5) is 11.4 Å². The molecule has 34 heavy (non-hydrogen) atoms. The number of rotatable bonds is 3. The standard InChI is InChI=1S/C26H20Cl3N3O2/c1-31-22-11-16(7-6-14(22)12-23(31)33)25-18-13-17(27)8-9-21(18)32(2)26(34)20(30-25)10-15-4-3-5-19(28)24(15)29/h3-9,11,13,20H,10,12H2,1-2H3. The van der Waals surface area contributed by atoms with Crippen LogP contribution in [0, 0.1) is 0 Å². The lowest BCUT2D eigenvalue weighted by Gasteiger charge is -2.21. The van der Waals surface area contributed by atoms with Gasteiger partial charge in [0, 0.05) is 42.4 Å². The second-order valence-corrected chi connectivity index (χ2v) is 9.66. The van der Waals surface area contributed by atoms with Gasteiger partial charge in [-0.25, -0.2) is 0 Å². The third kappa shape index (κ3) is 3.88. The number of aliphatic imine (C=N–C) groups is 1. The first kappa shape index (κ1) is 22.9. The summed E-state index contributed by atoms with van der Waals surface area (Å²) >= 11 is 19.0. The average molecular weight is 513 g/mol. The van der Waals surface area contributed by atoms with Gasteiger partial charge in [0.25, 0.3) is 5.91 Å². The number of likely N-dealkylation sites (N-methyl/N-ethyl adjacent to an activating group) is 2. The molecule has 172 valence electrons. The second kappa shape index (κ2) is 8.73. The smallest absolute Gasteiger partial charge is 0.251 e. The molecule has 2 aliphatic rings. The van der Waals surface area contributed by atoms with E-state index in [9.17, 15) is 9.59 Å². The highest BCUT2D eigenvalue weighted by atomic mass is 35.5. The molecule has 1 atom stereocenters. The van der Waals surface area contributed by atoms with Crippen molar-refractivity contribution in [3.05, 3.63) is 91.9 Å². The van der Waals surface area contributed by atoms with E-state index in [2.05, 4.69) is 0 Å². The molecule has 1 unspecified atom stereocenters. The number of benzene rings is 3. The summed E-state index contributed by atoms with van der Waals surface area (Å²) in [5.41, 5.74) is 5.43. The molecular formula is C26H20Cl3N3O2. The lowest BCUT2D eigenvalue weighted by atomic mass is 9.98. The number of carbonyl (C=O) groups excluding carboxylic acids is 2. The Morgan fingerprint density at radius 1 is 0.941 bits per heavy atom. The van der Waals surface area contributed by atoms with Crippen molar-refractivity contribution in [2.24, 2.45) is 4.99 Å². The third-order valence-electron chi connectivity index (χ3n) is 6.36. The Hall–Kier alpha value is -2.86. The summed E-state index contributed by atoms with van der Waals surface area (Å²) in [7, 11) is 3.49. The summed E-state index contributed by atoms with van der Waals surface area (Å²) in [5.74, 6) is -0.121. The molecule has 0 saturated heterocycles. The van der Waals surface area contributed by atoms with Crippen LogP contribution in [0.15, 0.2) is 59.6 Å². The largest absolute Gasteiger partial charge is 0.315 e. The van der Waals surface area contributed by atoms with Crippen LogP contribution >= 0.6 is 34.8 Å². The fourth-order valence-electron chi connectivity index (χ4n) is 4.48. The minimum atomic E-state index is -0.727. The molecule has 0 aliphatic carbocycles. The van der Waals surface area contributed by atoms with Crippen molar-refractivity contribution in [1.29, 1.82) is 0 Å². The number of benzodiazepines with no additional fused rings is 1. The Morgan fingerprint density at radius 2 is 1.74 bits per heavy atom. The molecule has 0 saturated carbocycles. The van der Waals surface area contributed by atoms with Gasteiger partial charge in [0.1, 0.15) is 6.04 Å². The fraction of sp³-hybridized carbons (Fsp3) is 0.192. The molecule has 2 amide bonds. The number of hydrogen-bond acceptors (Lipinski definition) is 3. The van der Waals surface area contributed by atoms with Gasteiger partial charge in [-0.1, -0.05) is 59.1 Å². The Bertz CT molecular complexity index is 1390. The van der Waals surface area contributed by atoms with Gasteiger partial charge in [-0.3, -0.25) is 14.6 Å². The van der Waals surface area contributed by atoms with E-state index >= 15 is 0 Å². The van der Waals surface area contributed by atoms with Crippen molar-refractivity contribution in [1.82, 2.24) is 0 Å². The number of anilines is 2. The molecule has 0 aromatic heterocycles. The molecule has 0 N–H and O–H groups in total.